The Balaban J connectivity index is 2.03. The summed E-state index contributed by atoms with van der Waals surface area (Å²) in [7, 11) is 3.97. The quantitative estimate of drug-likeness (QED) is 0.682. The third kappa shape index (κ3) is 6.24. The number of ether oxygens (including phenoxy) is 1. The zero-order valence-corrected chi connectivity index (χ0v) is 17.9. The molecular weight excluding hydrogens is 366 g/mol. The van der Waals surface area contributed by atoms with Gasteiger partial charge in [0.05, 0.1) is 12.2 Å². The molecule has 0 aliphatic rings. The fraction of sp³-hybridized carbons (Fsp3) is 0.391. The van der Waals surface area contributed by atoms with E-state index < -0.39 is 6.04 Å². The molecule has 0 fully saturated rings. The third-order valence-electron chi connectivity index (χ3n) is 4.59. The van der Waals surface area contributed by atoms with Gasteiger partial charge in [0.1, 0.15) is 11.8 Å². The van der Waals surface area contributed by atoms with Crippen LogP contribution in [0.3, 0.4) is 0 Å². The summed E-state index contributed by atoms with van der Waals surface area (Å²) in [6.07, 6.45) is 0. The van der Waals surface area contributed by atoms with Crippen LogP contribution in [0, 0.1) is 5.92 Å². The first-order valence-electron chi connectivity index (χ1n) is 9.90. The van der Waals surface area contributed by atoms with Crippen molar-refractivity contribution < 1.29 is 14.3 Å². The molecule has 0 aromatic heterocycles. The average Bonchev–Trinajstić information content (AvgIpc) is 2.70. The monoisotopic (exact) mass is 397 g/mol. The van der Waals surface area contributed by atoms with Crippen LogP contribution in [0.25, 0.3) is 0 Å². The lowest BCUT2D eigenvalue weighted by Gasteiger charge is -2.22. The number of nitrogens with one attached hydrogen (secondary N) is 2. The van der Waals surface area contributed by atoms with Gasteiger partial charge in [0.15, 0.2) is 0 Å². The Labute approximate surface area is 173 Å². The lowest BCUT2D eigenvalue weighted by Crippen LogP contribution is -2.49. The van der Waals surface area contributed by atoms with Crippen molar-refractivity contribution in [1.82, 2.24) is 10.6 Å². The Morgan fingerprint density at radius 2 is 1.69 bits per heavy atom. The second-order valence-corrected chi connectivity index (χ2v) is 7.40. The summed E-state index contributed by atoms with van der Waals surface area (Å²) in [5, 5.41) is 5.78. The predicted molar refractivity (Wildman–Crippen MR) is 116 cm³/mol. The van der Waals surface area contributed by atoms with Crippen LogP contribution in [-0.4, -0.2) is 38.6 Å². The second-order valence-electron chi connectivity index (χ2n) is 7.40. The highest BCUT2D eigenvalue weighted by molar-refractivity contribution is 5.99. The van der Waals surface area contributed by atoms with Crippen molar-refractivity contribution in [1.29, 1.82) is 0 Å². The minimum atomic E-state index is -0.641. The fourth-order valence-electron chi connectivity index (χ4n) is 2.90. The smallest absolute Gasteiger partial charge is 0.255 e. The normalized spacial score (nSPS) is 11.7. The molecule has 2 N–H and O–H groups in total. The number of hydrogen-bond donors (Lipinski definition) is 2. The number of anilines is 1. The van der Waals surface area contributed by atoms with Crippen molar-refractivity contribution >= 4 is 17.5 Å². The molecule has 0 saturated carbocycles. The van der Waals surface area contributed by atoms with E-state index in [4.69, 9.17) is 4.74 Å². The van der Waals surface area contributed by atoms with E-state index in [0.29, 0.717) is 24.5 Å². The molecule has 6 nitrogen and oxygen atoms in total. The summed E-state index contributed by atoms with van der Waals surface area (Å²) in [4.78, 5) is 27.5. The Morgan fingerprint density at radius 3 is 2.28 bits per heavy atom. The van der Waals surface area contributed by atoms with Crippen LogP contribution in [0.2, 0.25) is 0 Å². The highest BCUT2D eigenvalue weighted by atomic mass is 16.5. The van der Waals surface area contributed by atoms with Gasteiger partial charge in [-0.3, -0.25) is 9.59 Å². The van der Waals surface area contributed by atoms with Gasteiger partial charge in [0.2, 0.25) is 5.91 Å². The van der Waals surface area contributed by atoms with E-state index >= 15 is 0 Å². The van der Waals surface area contributed by atoms with Gasteiger partial charge >= 0.3 is 0 Å². The summed E-state index contributed by atoms with van der Waals surface area (Å²) in [6.45, 7) is 6.55. The minimum Gasteiger partial charge on any atom is -0.493 e. The number of para-hydroxylation sites is 1. The highest BCUT2D eigenvalue weighted by Crippen LogP contribution is 2.18. The maximum absolute atomic E-state index is 12.8. The Morgan fingerprint density at radius 1 is 1.03 bits per heavy atom. The van der Waals surface area contributed by atoms with Crippen LogP contribution in [-0.2, 0) is 11.3 Å². The topological polar surface area (TPSA) is 70.7 Å². The molecule has 0 spiro atoms. The van der Waals surface area contributed by atoms with E-state index in [0.717, 1.165) is 11.3 Å². The third-order valence-corrected chi connectivity index (χ3v) is 4.59. The molecule has 2 amide bonds. The second kappa shape index (κ2) is 10.5. The van der Waals surface area contributed by atoms with Gasteiger partial charge in [0.25, 0.3) is 5.91 Å². The molecule has 6 heteroatoms. The summed E-state index contributed by atoms with van der Waals surface area (Å²) >= 11 is 0. The van der Waals surface area contributed by atoms with E-state index in [1.54, 1.807) is 18.2 Å². The lowest BCUT2D eigenvalue weighted by atomic mass is 10.0. The number of carbonyl (C=O) groups is 2. The molecule has 1 unspecified atom stereocenters. The molecule has 156 valence electrons. The summed E-state index contributed by atoms with van der Waals surface area (Å²) in [6, 6.07) is 14.4. The number of nitrogens with zero attached hydrogens (tertiary/aromatic N) is 1. The van der Waals surface area contributed by atoms with Gasteiger partial charge in [-0.25, -0.2) is 0 Å². The summed E-state index contributed by atoms with van der Waals surface area (Å²) < 4.78 is 5.53. The number of rotatable bonds is 9. The zero-order valence-electron chi connectivity index (χ0n) is 17.9. The molecule has 2 rings (SSSR count). The first-order chi connectivity index (χ1) is 13.8. The van der Waals surface area contributed by atoms with E-state index in [2.05, 4.69) is 10.6 Å². The van der Waals surface area contributed by atoms with Crippen LogP contribution < -0.4 is 20.3 Å². The number of hydrogen-bond acceptors (Lipinski definition) is 4. The van der Waals surface area contributed by atoms with Gasteiger partial charge in [0, 0.05) is 26.3 Å². The zero-order chi connectivity index (χ0) is 21.4. The van der Waals surface area contributed by atoms with Crippen LogP contribution in [0.4, 0.5) is 5.69 Å². The Bertz CT molecular complexity index is 816. The molecule has 1 atom stereocenters. The molecule has 0 heterocycles. The maximum Gasteiger partial charge on any atom is 0.255 e. The SMILES string of the molecule is CCOc1ccccc1C(=O)NC(C(=O)NCc1ccc(N(C)C)cc1)C(C)C. The van der Waals surface area contributed by atoms with E-state index in [9.17, 15) is 9.59 Å². The van der Waals surface area contributed by atoms with Crippen LogP contribution in [0.5, 0.6) is 5.75 Å². The van der Waals surface area contributed by atoms with Crippen molar-refractivity contribution in [3.05, 3.63) is 59.7 Å². The fourth-order valence-corrected chi connectivity index (χ4v) is 2.90. The number of benzene rings is 2. The molecule has 0 radical (unpaired) electrons. The largest absolute Gasteiger partial charge is 0.493 e. The highest BCUT2D eigenvalue weighted by Gasteiger charge is 2.25. The summed E-state index contributed by atoms with van der Waals surface area (Å²) in [5.74, 6) is -0.0807. The van der Waals surface area contributed by atoms with Crippen molar-refractivity contribution in [2.45, 2.75) is 33.4 Å². The van der Waals surface area contributed by atoms with E-state index in [-0.39, 0.29) is 17.7 Å². The van der Waals surface area contributed by atoms with Gasteiger partial charge in [-0.15, -0.1) is 0 Å². The predicted octanol–water partition coefficient (Wildman–Crippen LogP) is 3.22. The number of amides is 2. The van der Waals surface area contributed by atoms with Gasteiger partial charge < -0.3 is 20.3 Å². The molecule has 0 aliphatic carbocycles. The van der Waals surface area contributed by atoms with Gasteiger partial charge in [-0.1, -0.05) is 38.1 Å². The van der Waals surface area contributed by atoms with E-state index in [1.165, 1.54) is 0 Å². The molecule has 0 saturated heterocycles. The first kappa shape index (κ1) is 22.3. The van der Waals surface area contributed by atoms with Crippen LogP contribution in [0.15, 0.2) is 48.5 Å². The standard InChI is InChI=1S/C23H31N3O3/c1-6-29-20-10-8-7-9-19(20)22(27)25-21(16(2)3)23(28)24-15-17-11-13-18(14-12-17)26(4)5/h7-14,16,21H,6,15H2,1-5H3,(H,24,28)(H,25,27). The maximum atomic E-state index is 12.8. The molecular formula is C23H31N3O3. The Kier molecular flexibility index (Phi) is 8.07. The molecule has 2 aromatic rings. The Hall–Kier alpha value is -3.02. The summed E-state index contributed by atoms with van der Waals surface area (Å²) in [5.41, 5.74) is 2.52. The average molecular weight is 398 g/mol. The van der Waals surface area contributed by atoms with Crippen LogP contribution in [0.1, 0.15) is 36.7 Å². The molecule has 0 bridgehead atoms. The van der Waals surface area contributed by atoms with Gasteiger partial charge in [-0.2, -0.15) is 0 Å². The molecule has 29 heavy (non-hydrogen) atoms. The molecule has 0 aliphatic heterocycles. The van der Waals surface area contributed by atoms with E-state index in [1.807, 2.05) is 70.1 Å². The minimum absolute atomic E-state index is 0.0608. The van der Waals surface area contributed by atoms with Crippen LogP contribution >= 0.6 is 0 Å². The van der Waals surface area contributed by atoms with Crippen molar-refractivity contribution in [3.8, 4) is 5.75 Å². The van der Waals surface area contributed by atoms with Gasteiger partial charge in [-0.05, 0) is 42.7 Å². The van der Waals surface area contributed by atoms with Crippen molar-refractivity contribution in [2.24, 2.45) is 5.92 Å². The lowest BCUT2D eigenvalue weighted by molar-refractivity contribution is -0.124. The van der Waals surface area contributed by atoms with Crippen molar-refractivity contribution in [3.63, 3.8) is 0 Å². The van der Waals surface area contributed by atoms with Crippen molar-refractivity contribution in [2.75, 3.05) is 25.6 Å². The number of carbonyl (C=O) groups excluding carboxylic acids is 2. The molecule has 2 aromatic carbocycles. The first-order valence-corrected chi connectivity index (χ1v) is 9.90.